The third kappa shape index (κ3) is 6.77. The lowest BCUT2D eigenvalue weighted by molar-refractivity contribution is 0.354. The molecule has 1 heterocycles. The van der Waals surface area contributed by atoms with E-state index in [1.54, 1.807) is 14.2 Å². The van der Waals surface area contributed by atoms with Crippen molar-refractivity contribution in [3.63, 3.8) is 0 Å². The van der Waals surface area contributed by atoms with Gasteiger partial charge in [-0.15, -0.1) is 24.0 Å². The Labute approximate surface area is 165 Å². The molecule has 0 aliphatic heterocycles. The minimum atomic E-state index is 0. The first kappa shape index (κ1) is 21.0. The highest BCUT2D eigenvalue weighted by atomic mass is 127. The number of halogens is 1. The van der Waals surface area contributed by atoms with E-state index in [1.807, 2.05) is 43.5 Å². The van der Waals surface area contributed by atoms with Crippen molar-refractivity contribution >= 4 is 29.9 Å². The molecule has 0 saturated carbocycles. The molecule has 136 valence electrons. The van der Waals surface area contributed by atoms with Crippen molar-refractivity contribution in [2.24, 2.45) is 10.7 Å². The number of nitrogens with one attached hydrogen (secondary N) is 1. The second-order valence-electron chi connectivity index (χ2n) is 5.38. The Hall–Kier alpha value is -2.03. The van der Waals surface area contributed by atoms with Gasteiger partial charge in [-0.3, -0.25) is 4.98 Å². The molecule has 0 aliphatic rings. The Balaban J connectivity index is 0.00000312. The lowest BCUT2D eigenvalue weighted by atomic mass is 10.1. The SMILES string of the molecule is COc1ccc(CCNC(N)=NCc2ccc(C)nc2)cc1OC.I. The molecule has 0 bridgehead atoms. The van der Waals surface area contributed by atoms with Crippen LogP contribution in [-0.2, 0) is 13.0 Å². The Morgan fingerprint density at radius 2 is 1.84 bits per heavy atom. The number of ether oxygens (including phenoxy) is 2. The highest BCUT2D eigenvalue weighted by Gasteiger charge is 2.04. The standard InChI is InChI=1S/C18H24N4O2.HI/c1-13-4-5-15(11-21-13)12-22-18(19)20-9-8-14-6-7-16(23-2)17(10-14)24-3;/h4-7,10-11H,8-9,12H2,1-3H3,(H3,19,20,22);1H. The fourth-order valence-corrected chi connectivity index (χ4v) is 2.20. The van der Waals surface area contributed by atoms with Crippen LogP contribution >= 0.6 is 24.0 Å². The van der Waals surface area contributed by atoms with Gasteiger partial charge in [0, 0.05) is 18.4 Å². The molecule has 7 heteroatoms. The molecule has 1 aromatic carbocycles. The quantitative estimate of drug-likeness (QED) is 0.381. The van der Waals surface area contributed by atoms with Crippen LogP contribution in [0.25, 0.3) is 0 Å². The van der Waals surface area contributed by atoms with Crippen LogP contribution in [0, 0.1) is 6.92 Å². The van der Waals surface area contributed by atoms with Crippen LogP contribution in [0.15, 0.2) is 41.5 Å². The largest absolute Gasteiger partial charge is 0.493 e. The molecule has 25 heavy (non-hydrogen) atoms. The van der Waals surface area contributed by atoms with Gasteiger partial charge in [0.2, 0.25) is 0 Å². The predicted octanol–water partition coefficient (Wildman–Crippen LogP) is 2.67. The zero-order valence-electron chi connectivity index (χ0n) is 14.8. The fraction of sp³-hybridized carbons (Fsp3) is 0.333. The summed E-state index contributed by atoms with van der Waals surface area (Å²) in [4.78, 5) is 8.55. The molecule has 3 N–H and O–H groups in total. The van der Waals surface area contributed by atoms with Gasteiger partial charge >= 0.3 is 0 Å². The molecule has 0 saturated heterocycles. The number of nitrogens with zero attached hydrogens (tertiary/aromatic N) is 2. The van der Waals surface area contributed by atoms with E-state index in [2.05, 4.69) is 15.3 Å². The normalized spacial score (nSPS) is 10.8. The Morgan fingerprint density at radius 1 is 1.12 bits per heavy atom. The number of benzene rings is 1. The molecule has 0 amide bonds. The van der Waals surface area contributed by atoms with Crippen LogP contribution in [0.5, 0.6) is 11.5 Å². The second kappa shape index (κ2) is 10.8. The van der Waals surface area contributed by atoms with Gasteiger partial charge in [0.1, 0.15) is 0 Å². The summed E-state index contributed by atoms with van der Waals surface area (Å²) in [5, 5.41) is 3.11. The van der Waals surface area contributed by atoms with E-state index < -0.39 is 0 Å². The molecule has 2 aromatic rings. The maximum absolute atomic E-state index is 5.89. The maximum atomic E-state index is 5.89. The molecule has 0 atom stereocenters. The summed E-state index contributed by atoms with van der Waals surface area (Å²) in [6, 6.07) is 9.84. The van der Waals surface area contributed by atoms with E-state index >= 15 is 0 Å². The van der Waals surface area contributed by atoms with Crippen molar-refractivity contribution < 1.29 is 9.47 Å². The number of aliphatic imine (C=N–C) groups is 1. The lowest BCUT2D eigenvalue weighted by Gasteiger charge is -2.10. The number of hydrogen-bond donors (Lipinski definition) is 2. The van der Waals surface area contributed by atoms with Crippen molar-refractivity contribution in [2.75, 3.05) is 20.8 Å². The molecule has 0 spiro atoms. The Bertz CT molecular complexity index is 690. The van der Waals surface area contributed by atoms with Gasteiger partial charge < -0.3 is 20.5 Å². The highest BCUT2D eigenvalue weighted by molar-refractivity contribution is 14.0. The summed E-state index contributed by atoms with van der Waals surface area (Å²) in [5.41, 5.74) is 9.05. The summed E-state index contributed by atoms with van der Waals surface area (Å²) in [5.74, 6) is 1.88. The number of rotatable bonds is 7. The summed E-state index contributed by atoms with van der Waals surface area (Å²) in [6.45, 7) is 3.16. The minimum Gasteiger partial charge on any atom is -0.493 e. The number of hydrogen-bond acceptors (Lipinski definition) is 4. The van der Waals surface area contributed by atoms with Gasteiger partial charge in [0.05, 0.1) is 20.8 Å². The molecular weight excluding hydrogens is 431 g/mol. The first-order chi connectivity index (χ1) is 11.6. The third-order valence-electron chi connectivity index (χ3n) is 3.57. The number of nitrogens with two attached hydrogens (primary N) is 1. The number of methoxy groups -OCH3 is 2. The Morgan fingerprint density at radius 3 is 2.48 bits per heavy atom. The van der Waals surface area contributed by atoms with Crippen molar-refractivity contribution in [3.05, 3.63) is 53.3 Å². The van der Waals surface area contributed by atoms with Gasteiger partial charge in [-0.1, -0.05) is 12.1 Å². The van der Waals surface area contributed by atoms with E-state index in [1.165, 1.54) is 0 Å². The zero-order valence-corrected chi connectivity index (χ0v) is 17.1. The molecular formula is C18H25IN4O2. The van der Waals surface area contributed by atoms with Gasteiger partial charge in [-0.25, -0.2) is 4.99 Å². The molecule has 6 nitrogen and oxygen atoms in total. The van der Waals surface area contributed by atoms with E-state index in [4.69, 9.17) is 15.2 Å². The van der Waals surface area contributed by atoms with Gasteiger partial charge in [-0.05, 0) is 42.7 Å². The van der Waals surface area contributed by atoms with Crippen LogP contribution in [0.3, 0.4) is 0 Å². The number of guanidine groups is 1. The maximum Gasteiger partial charge on any atom is 0.188 e. The van der Waals surface area contributed by atoms with Gasteiger partial charge in [0.15, 0.2) is 17.5 Å². The summed E-state index contributed by atoms with van der Waals surface area (Å²) < 4.78 is 10.5. The van der Waals surface area contributed by atoms with Crippen LogP contribution in [-0.4, -0.2) is 31.7 Å². The summed E-state index contributed by atoms with van der Waals surface area (Å²) in [6.07, 6.45) is 2.62. The first-order valence-electron chi connectivity index (χ1n) is 7.78. The van der Waals surface area contributed by atoms with E-state index in [-0.39, 0.29) is 24.0 Å². The van der Waals surface area contributed by atoms with Crippen molar-refractivity contribution in [1.29, 1.82) is 0 Å². The van der Waals surface area contributed by atoms with Crippen molar-refractivity contribution in [3.8, 4) is 11.5 Å². The fourth-order valence-electron chi connectivity index (χ4n) is 2.20. The molecule has 0 aliphatic carbocycles. The molecule has 0 unspecified atom stereocenters. The molecule has 0 radical (unpaired) electrons. The summed E-state index contributed by atoms with van der Waals surface area (Å²) in [7, 11) is 3.25. The molecule has 1 aromatic heterocycles. The molecule has 0 fully saturated rings. The smallest absolute Gasteiger partial charge is 0.188 e. The minimum absolute atomic E-state index is 0. The monoisotopic (exact) mass is 456 g/mol. The van der Waals surface area contributed by atoms with E-state index in [0.717, 1.165) is 34.7 Å². The van der Waals surface area contributed by atoms with Crippen LogP contribution in [0.4, 0.5) is 0 Å². The van der Waals surface area contributed by atoms with Crippen LogP contribution in [0.2, 0.25) is 0 Å². The van der Waals surface area contributed by atoms with Crippen molar-refractivity contribution in [1.82, 2.24) is 10.3 Å². The topological polar surface area (TPSA) is 81.8 Å². The van der Waals surface area contributed by atoms with E-state index in [9.17, 15) is 0 Å². The summed E-state index contributed by atoms with van der Waals surface area (Å²) >= 11 is 0. The van der Waals surface area contributed by atoms with Gasteiger partial charge in [-0.2, -0.15) is 0 Å². The number of pyridine rings is 1. The van der Waals surface area contributed by atoms with Crippen LogP contribution < -0.4 is 20.5 Å². The highest BCUT2D eigenvalue weighted by Crippen LogP contribution is 2.27. The predicted molar refractivity (Wildman–Crippen MR) is 111 cm³/mol. The lowest BCUT2D eigenvalue weighted by Crippen LogP contribution is -2.33. The zero-order chi connectivity index (χ0) is 17.4. The number of aryl methyl sites for hydroxylation is 1. The van der Waals surface area contributed by atoms with E-state index in [0.29, 0.717) is 19.0 Å². The first-order valence-corrected chi connectivity index (χ1v) is 7.78. The average Bonchev–Trinajstić information content (AvgIpc) is 2.61. The van der Waals surface area contributed by atoms with Crippen molar-refractivity contribution in [2.45, 2.75) is 19.9 Å². The second-order valence-corrected chi connectivity index (χ2v) is 5.38. The van der Waals surface area contributed by atoms with Crippen LogP contribution in [0.1, 0.15) is 16.8 Å². The van der Waals surface area contributed by atoms with Gasteiger partial charge in [0.25, 0.3) is 0 Å². The number of aromatic nitrogens is 1. The molecule has 2 rings (SSSR count). The average molecular weight is 456 g/mol. The Kier molecular flexibility index (Phi) is 9.04. The third-order valence-corrected chi connectivity index (χ3v) is 3.57.